The summed E-state index contributed by atoms with van der Waals surface area (Å²) in [4.78, 5) is 43.6. The molecule has 3 N–H and O–H groups in total. The van der Waals surface area contributed by atoms with E-state index >= 15 is 0 Å². The number of carbonyl (C=O) groups excluding carboxylic acids is 3. The van der Waals surface area contributed by atoms with Crippen LogP contribution in [0.25, 0.3) is 5.69 Å². The van der Waals surface area contributed by atoms with Gasteiger partial charge in [0.2, 0.25) is 17.7 Å². The van der Waals surface area contributed by atoms with E-state index in [1.165, 1.54) is 20.7 Å². The molecule has 1 unspecified atom stereocenters. The van der Waals surface area contributed by atoms with Gasteiger partial charge in [0.05, 0.1) is 23.3 Å². The van der Waals surface area contributed by atoms with E-state index in [4.69, 9.17) is 40.2 Å². The van der Waals surface area contributed by atoms with Crippen LogP contribution in [0.15, 0.2) is 84.4 Å². The average Bonchev–Trinajstić information content (AvgIpc) is 3.41. The molecule has 11 nitrogen and oxygen atoms in total. The number of aromatic nitrogens is 3. The van der Waals surface area contributed by atoms with Gasteiger partial charge in [-0.25, -0.2) is 4.68 Å². The zero-order valence-electron chi connectivity index (χ0n) is 22.7. The number of halogens is 3. The van der Waals surface area contributed by atoms with Crippen LogP contribution in [0.1, 0.15) is 5.56 Å². The summed E-state index contributed by atoms with van der Waals surface area (Å²) < 4.78 is 1.39. The molecule has 43 heavy (non-hydrogen) atoms. The van der Waals surface area contributed by atoms with Crippen molar-refractivity contribution >= 4 is 63.9 Å². The molecule has 2 aromatic carbocycles. The second-order valence-corrected chi connectivity index (χ2v) is 11.0. The van der Waals surface area contributed by atoms with Gasteiger partial charge in [-0.05, 0) is 54.1 Å². The molecule has 0 saturated carbocycles. The van der Waals surface area contributed by atoms with E-state index < -0.39 is 23.8 Å². The van der Waals surface area contributed by atoms with Gasteiger partial charge in [0.1, 0.15) is 19.1 Å². The lowest BCUT2D eigenvalue weighted by Gasteiger charge is -2.38. The highest BCUT2D eigenvalue weighted by molar-refractivity contribution is 6.31. The maximum atomic E-state index is 13.7. The first kappa shape index (κ1) is 30.0. The molecule has 1 atom stereocenters. The van der Waals surface area contributed by atoms with Crippen LogP contribution in [0.4, 0.5) is 5.69 Å². The van der Waals surface area contributed by atoms with E-state index in [2.05, 4.69) is 20.9 Å². The van der Waals surface area contributed by atoms with Gasteiger partial charge in [0, 0.05) is 41.0 Å². The second kappa shape index (κ2) is 12.8. The Kier molecular flexibility index (Phi) is 8.95. The topological polar surface area (TPSA) is 136 Å². The standard InChI is InChI=1S/C29H25Cl3N8O3/c1-34-13-18-11-21(7-8-22(18)33)35-29(43)25(10-17-2-4-19(30)5-3-17)39-16-27(41)38(15-28(39)42)24-12-20(31)6-9-23(24)40-14-26(32)36-37-40/h2-9,11-14,25,33-34H,10,15-16H2,1H3,(H,35,43)/b18-13-,33-22?. The quantitative estimate of drug-likeness (QED) is 0.344. The molecule has 3 aromatic rings. The Morgan fingerprint density at radius 1 is 1.02 bits per heavy atom. The van der Waals surface area contributed by atoms with Crippen molar-refractivity contribution in [2.45, 2.75) is 12.5 Å². The second-order valence-electron chi connectivity index (χ2n) is 9.69. The van der Waals surface area contributed by atoms with Crippen molar-refractivity contribution < 1.29 is 14.4 Å². The van der Waals surface area contributed by atoms with Gasteiger partial charge in [-0.2, -0.15) is 0 Å². The van der Waals surface area contributed by atoms with E-state index in [1.807, 2.05) is 0 Å². The maximum absolute atomic E-state index is 13.7. The predicted molar refractivity (Wildman–Crippen MR) is 165 cm³/mol. The summed E-state index contributed by atoms with van der Waals surface area (Å²) in [6.45, 7) is -0.702. The predicted octanol–water partition coefficient (Wildman–Crippen LogP) is 3.71. The highest BCUT2D eigenvalue weighted by atomic mass is 35.5. The fraction of sp³-hybridized carbons (Fsp3) is 0.172. The number of rotatable bonds is 8. The van der Waals surface area contributed by atoms with Crippen LogP contribution in [0.2, 0.25) is 15.2 Å². The van der Waals surface area contributed by atoms with Gasteiger partial charge in [0.25, 0.3) is 0 Å². The van der Waals surface area contributed by atoms with Crippen molar-refractivity contribution in [3.05, 3.63) is 105 Å². The number of hydrogen-bond acceptors (Lipinski definition) is 7. The molecule has 220 valence electrons. The Morgan fingerprint density at radius 2 is 1.77 bits per heavy atom. The van der Waals surface area contributed by atoms with Crippen molar-refractivity contribution in [2.75, 3.05) is 25.0 Å². The lowest BCUT2D eigenvalue weighted by Crippen LogP contribution is -2.60. The largest absolute Gasteiger partial charge is 0.393 e. The van der Waals surface area contributed by atoms with Gasteiger partial charge < -0.3 is 20.9 Å². The Hall–Kier alpha value is -4.45. The van der Waals surface area contributed by atoms with Crippen LogP contribution in [0, 0.1) is 5.41 Å². The molecule has 14 heteroatoms. The van der Waals surface area contributed by atoms with Crippen LogP contribution < -0.4 is 15.5 Å². The van der Waals surface area contributed by atoms with Crippen molar-refractivity contribution in [2.24, 2.45) is 0 Å². The zero-order chi connectivity index (χ0) is 30.7. The number of allylic oxidation sites excluding steroid dienone is 4. The fourth-order valence-electron chi connectivity index (χ4n) is 4.73. The van der Waals surface area contributed by atoms with Gasteiger partial charge in [0.15, 0.2) is 5.15 Å². The first-order chi connectivity index (χ1) is 20.6. The molecular formula is C29H25Cl3N8O3. The number of hydrogen-bond donors (Lipinski definition) is 3. The Morgan fingerprint density at radius 3 is 2.47 bits per heavy atom. The molecule has 1 aromatic heterocycles. The number of benzene rings is 2. The SMILES string of the molecule is CN/C=C1/C=C(NC(=O)C(Cc2ccc(Cl)cc2)N2CC(=O)N(c3cc(Cl)ccc3-n3cc(Cl)nn3)CC2=O)C=CC1=N. The minimum Gasteiger partial charge on any atom is -0.393 e. The average molecular weight is 640 g/mol. The third-order valence-corrected chi connectivity index (χ3v) is 7.46. The van der Waals surface area contributed by atoms with Crippen LogP contribution in [-0.4, -0.2) is 69.5 Å². The number of piperazine rings is 1. The van der Waals surface area contributed by atoms with E-state index in [9.17, 15) is 14.4 Å². The third kappa shape index (κ3) is 6.80. The van der Waals surface area contributed by atoms with Crippen molar-refractivity contribution in [1.29, 1.82) is 5.41 Å². The highest BCUT2D eigenvalue weighted by Crippen LogP contribution is 2.30. The molecule has 1 fully saturated rings. The normalized spacial score (nSPS) is 16.9. The van der Waals surface area contributed by atoms with E-state index in [0.717, 1.165) is 5.56 Å². The molecule has 1 aliphatic heterocycles. The maximum Gasteiger partial charge on any atom is 0.247 e. The molecule has 0 radical (unpaired) electrons. The van der Waals surface area contributed by atoms with Crippen LogP contribution in [0.5, 0.6) is 0 Å². The minimum absolute atomic E-state index is 0.133. The van der Waals surface area contributed by atoms with Crippen LogP contribution >= 0.6 is 34.8 Å². The summed E-state index contributed by atoms with van der Waals surface area (Å²) in [6.07, 6.45) is 8.06. The molecular weight excluding hydrogens is 615 g/mol. The summed E-state index contributed by atoms with van der Waals surface area (Å²) in [5.74, 6) is -1.35. The smallest absolute Gasteiger partial charge is 0.247 e. The molecule has 5 rings (SSSR count). The highest BCUT2D eigenvalue weighted by Gasteiger charge is 2.39. The number of nitrogens with one attached hydrogen (secondary N) is 3. The van der Waals surface area contributed by atoms with Gasteiger partial charge >= 0.3 is 0 Å². The molecule has 1 aliphatic carbocycles. The van der Waals surface area contributed by atoms with Crippen molar-refractivity contribution in [3.8, 4) is 5.69 Å². The van der Waals surface area contributed by atoms with Crippen LogP contribution in [0.3, 0.4) is 0 Å². The molecule has 2 heterocycles. The van der Waals surface area contributed by atoms with E-state index in [0.29, 0.717) is 32.7 Å². The fourth-order valence-corrected chi connectivity index (χ4v) is 5.15. The number of anilines is 1. The summed E-state index contributed by atoms with van der Waals surface area (Å²) >= 11 is 18.3. The van der Waals surface area contributed by atoms with Gasteiger partial charge in [-0.15, -0.1) is 5.10 Å². The summed E-state index contributed by atoms with van der Waals surface area (Å²) in [5, 5.41) is 22.6. The first-order valence-corrected chi connectivity index (χ1v) is 14.2. The van der Waals surface area contributed by atoms with Crippen molar-refractivity contribution in [1.82, 2.24) is 30.5 Å². The molecule has 1 saturated heterocycles. The van der Waals surface area contributed by atoms with E-state index in [1.54, 1.807) is 73.9 Å². The third-order valence-electron chi connectivity index (χ3n) is 6.80. The van der Waals surface area contributed by atoms with E-state index in [-0.39, 0.29) is 30.4 Å². The Bertz CT molecular complexity index is 1700. The van der Waals surface area contributed by atoms with Gasteiger partial charge in [-0.3, -0.25) is 19.3 Å². The van der Waals surface area contributed by atoms with Crippen molar-refractivity contribution in [3.63, 3.8) is 0 Å². The lowest BCUT2D eigenvalue weighted by molar-refractivity contribution is -0.145. The minimum atomic E-state index is -1.03. The number of nitrogens with zero attached hydrogens (tertiary/aromatic N) is 5. The zero-order valence-corrected chi connectivity index (χ0v) is 25.0. The molecule has 0 spiro atoms. The Balaban J connectivity index is 1.44. The summed E-state index contributed by atoms with van der Waals surface area (Å²) in [6, 6.07) is 10.7. The molecule has 2 aliphatic rings. The van der Waals surface area contributed by atoms with Crippen LogP contribution in [-0.2, 0) is 20.8 Å². The van der Waals surface area contributed by atoms with Gasteiger partial charge in [-0.1, -0.05) is 52.1 Å². The lowest BCUT2D eigenvalue weighted by atomic mass is 10.0. The summed E-state index contributed by atoms with van der Waals surface area (Å²) in [7, 11) is 1.71. The number of carbonyl (C=O) groups is 3. The monoisotopic (exact) mass is 638 g/mol. The number of amides is 3. The first-order valence-electron chi connectivity index (χ1n) is 13.0. The summed E-state index contributed by atoms with van der Waals surface area (Å²) in [5.41, 5.74) is 2.82. The Labute approximate surface area is 261 Å². The molecule has 0 bridgehead atoms. The molecule has 3 amide bonds.